The van der Waals surface area contributed by atoms with E-state index in [1.165, 1.54) is 0 Å². The minimum Gasteiger partial charge on any atom is -0.496 e. The largest absolute Gasteiger partial charge is 0.496 e. The van der Waals surface area contributed by atoms with Crippen LogP contribution in [0.1, 0.15) is 37.1 Å². The smallest absolute Gasteiger partial charge is 0.128 e. The van der Waals surface area contributed by atoms with Crippen molar-refractivity contribution in [2.45, 2.75) is 46.7 Å². The lowest BCUT2D eigenvalue weighted by Crippen LogP contribution is -2.32. The van der Waals surface area contributed by atoms with Crippen LogP contribution in [0.4, 0.5) is 0 Å². The van der Waals surface area contributed by atoms with E-state index in [0.717, 1.165) is 35.5 Å². The molecule has 3 nitrogen and oxygen atoms in total. The molecule has 0 saturated heterocycles. The normalized spacial score (nSPS) is 12.8. The second kappa shape index (κ2) is 7.71. The van der Waals surface area contributed by atoms with E-state index in [2.05, 4.69) is 24.1 Å². The van der Waals surface area contributed by atoms with Gasteiger partial charge in [-0.15, -0.1) is 11.6 Å². The van der Waals surface area contributed by atoms with Gasteiger partial charge in [0.15, 0.2) is 0 Å². The van der Waals surface area contributed by atoms with Crippen molar-refractivity contribution in [2.75, 3.05) is 13.0 Å². The summed E-state index contributed by atoms with van der Waals surface area (Å²) < 4.78 is 5.42. The molecule has 108 valence electrons. The van der Waals surface area contributed by atoms with E-state index < -0.39 is 0 Å². The molecule has 1 rings (SSSR count). The summed E-state index contributed by atoms with van der Waals surface area (Å²) in [6, 6.07) is 0.329. The minimum absolute atomic E-state index is 0.329. The SMILES string of the molecule is COc1c(C)cnc(CNC(CCl)CC(C)C)c1C. The molecule has 0 fully saturated rings. The van der Waals surface area contributed by atoms with Crippen molar-refractivity contribution in [1.29, 1.82) is 0 Å². The molecule has 0 saturated carbocycles. The summed E-state index contributed by atoms with van der Waals surface area (Å²) >= 11 is 5.99. The molecule has 1 heterocycles. The Hall–Kier alpha value is -0.800. The van der Waals surface area contributed by atoms with Crippen LogP contribution in [0.15, 0.2) is 6.20 Å². The first kappa shape index (κ1) is 16.3. The summed E-state index contributed by atoms with van der Waals surface area (Å²) in [5, 5.41) is 3.48. The molecule has 0 aromatic carbocycles. The number of ether oxygens (including phenoxy) is 1. The first-order valence-electron chi connectivity index (χ1n) is 6.78. The Balaban J connectivity index is 2.72. The molecular formula is C15H25ClN2O. The average molecular weight is 285 g/mol. The van der Waals surface area contributed by atoms with Crippen molar-refractivity contribution in [3.05, 3.63) is 23.0 Å². The Bertz CT molecular complexity index is 407. The minimum atomic E-state index is 0.329. The topological polar surface area (TPSA) is 34.1 Å². The van der Waals surface area contributed by atoms with E-state index in [-0.39, 0.29) is 0 Å². The van der Waals surface area contributed by atoms with Crippen LogP contribution in [-0.2, 0) is 6.54 Å². The van der Waals surface area contributed by atoms with Crippen molar-refractivity contribution in [3.8, 4) is 5.75 Å². The van der Waals surface area contributed by atoms with Gasteiger partial charge in [-0.05, 0) is 26.2 Å². The number of aromatic nitrogens is 1. The Morgan fingerprint density at radius 2 is 2.05 bits per heavy atom. The van der Waals surface area contributed by atoms with E-state index in [1.54, 1.807) is 7.11 Å². The van der Waals surface area contributed by atoms with Crippen molar-refractivity contribution in [1.82, 2.24) is 10.3 Å². The molecule has 1 N–H and O–H groups in total. The molecule has 0 spiro atoms. The number of rotatable bonds is 7. The number of nitrogens with zero attached hydrogens (tertiary/aromatic N) is 1. The maximum atomic E-state index is 5.99. The lowest BCUT2D eigenvalue weighted by Gasteiger charge is -2.19. The van der Waals surface area contributed by atoms with E-state index in [1.807, 2.05) is 20.0 Å². The lowest BCUT2D eigenvalue weighted by molar-refractivity contribution is 0.404. The van der Waals surface area contributed by atoms with Crippen LogP contribution in [0.5, 0.6) is 5.75 Å². The van der Waals surface area contributed by atoms with Gasteiger partial charge in [-0.25, -0.2) is 0 Å². The average Bonchev–Trinajstić information content (AvgIpc) is 2.36. The van der Waals surface area contributed by atoms with Crippen molar-refractivity contribution in [2.24, 2.45) is 5.92 Å². The number of nitrogens with one attached hydrogen (secondary N) is 1. The van der Waals surface area contributed by atoms with Gasteiger partial charge in [0.1, 0.15) is 5.75 Å². The number of pyridine rings is 1. The maximum absolute atomic E-state index is 5.99. The van der Waals surface area contributed by atoms with Crippen LogP contribution < -0.4 is 10.1 Å². The maximum Gasteiger partial charge on any atom is 0.128 e. The molecule has 1 aromatic rings. The highest BCUT2D eigenvalue weighted by Crippen LogP contribution is 2.23. The molecule has 0 radical (unpaired) electrons. The molecule has 1 unspecified atom stereocenters. The van der Waals surface area contributed by atoms with Crippen LogP contribution in [0.3, 0.4) is 0 Å². The highest BCUT2D eigenvalue weighted by atomic mass is 35.5. The molecule has 0 aliphatic heterocycles. The van der Waals surface area contributed by atoms with E-state index in [9.17, 15) is 0 Å². The summed E-state index contributed by atoms with van der Waals surface area (Å²) in [5.74, 6) is 2.19. The number of hydrogen-bond acceptors (Lipinski definition) is 3. The highest BCUT2D eigenvalue weighted by Gasteiger charge is 2.13. The first-order chi connectivity index (χ1) is 8.99. The molecule has 1 aromatic heterocycles. The van der Waals surface area contributed by atoms with E-state index >= 15 is 0 Å². The number of halogens is 1. The van der Waals surface area contributed by atoms with Crippen LogP contribution in [-0.4, -0.2) is 24.0 Å². The Morgan fingerprint density at radius 3 is 2.58 bits per heavy atom. The van der Waals surface area contributed by atoms with Gasteiger partial charge in [-0.1, -0.05) is 13.8 Å². The molecule has 1 atom stereocenters. The predicted octanol–water partition coefficient (Wildman–Crippen LogP) is 3.45. The van der Waals surface area contributed by atoms with Gasteiger partial charge in [-0.3, -0.25) is 4.98 Å². The standard InChI is InChI=1S/C15H25ClN2O/c1-10(2)6-13(7-16)17-9-14-12(4)15(19-5)11(3)8-18-14/h8,10,13,17H,6-7,9H2,1-5H3. The molecule has 0 bridgehead atoms. The number of methoxy groups -OCH3 is 1. The summed E-state index contributed by atoms with van der Waals surface area (Å²) in [4.78, 5) is 4.49. The Kier molecular flexibility index (Phi) is 6.59. The lowest BCUT2D eigenvalue weighted by atomic mass is 10.0. The van der Waals surface area contributed by atoms with Crippen LogP contribution in [0.2, 0.25) is 0 Å². The fraction of sp³-hybridized carbons (Fsp3) is 0.667. The van der Waals surface area contributed by atoms with Gasteiger partial charge in [0.05, 0.1) is 12.8 Å². The second-order valence-electron chi connectivity index (χ2n) is 5.41. The second-order valence-corrected chi connectivity index (χ2v) is 5.72. The predicted molar refractivity (Wildman–Crippen MR) is 81.1 cm³/mol. The summed E-state index contributed by atoms with van der Waals surface area (Å²) in [7, 11) is 1.70. The number of aryl methyl sites for hydroxylation is 1. The zero-order valence-electron chi connectivity index (χ0n) is 12.6. The third kappa shape index (κ3) is 4.66. The first-order valence-corrected chi connectivity index (χ1v) is 7.31. The molecule has 19 heavy (non-hydrogen) atoms. The fourth-order valence-electron chi connectivity index (χ4n) is 2.26. The van der Waals surface area contributed by atoms with E-state index in [4.69, 9.17) is 16.3 Å². The summed E-state index contributed by atoms with van der Waals surface area (Å²) in [5.41, 5.74) is 3.20. The fourth-order valence-corrected chi connectivity index (χ4v) is 2.50. The van der Waals surface area contributed by atoms with E-state index in [0.29, 0.717) is 17.8 Å². The van der Waals surface area contributed by atoms with Gasteiger partial charge in [0.25, 0.3) is 0 Å². The number of hydrogen-bond donors (Lipinski definition) is 1. The number of alkyl halides is 1. The van der Waals surface area contributed by atoms with Crippen LogP contribution >= 0.6 is 11.6 Å². The molecule has 0 amide bonds. The van der Waals surface area contributed by atoms with Crippen molar-refractivity contribution >= 4 is 11.6 Å². The third-order valence-electron chi connectivity index (χ3n) is 3.25. The van der Waals surface area contributed by atoms with Gasteiger partial charge >= 0.3 is 0 Å². The zero-order valence-corrected chi connectivity index (χ0v) is 13.3. The van der Waals surface area contributed by atoms with Crippen molar-refractivity contribution in [3.63, 3.8) is 0 Å². The van der Waals surface area contributed by atoms with Gasteiger partial charge in [0.2, 0.25) is 0 Å². The zero-order chi connectivity index (χ0) is 14.4. The Morgan fingerprint density at radius 1 is 1.37 bits per heavy atom. The monoisotopic (exact) mass is 284 g/mol. The quantitative estimate of drug-likeness (QED) is 0.779. The van der Waals surface area contributed by atoms with Gasteiger partial charge in [-0.2, -0.15) is 0 Å². The molecule has 0 aliphatic rings. The summed E-state index contributed by atoms with van der Waals surface area (Å²) in [6.45, 7) is 9.20. The van der Waals surface area contributed by atoms with Gasteiger partial charge < -0.3 is 10.1 Å². The summed E-state index contributed by atoms with van der Waals surface area (Å²) in [6.07, 6.45) is 2.94. The van der Waals surface area contributed by atoms with Crippen LogP contribution in [0.25, 0.3) is 0 Å². The Labute approximate surface area is 121 Å². The molecule has 0 aliphatic carbocycles. The highest BCUT2D eigenvalue weighted by molar-refractivity contribution is 6.18. The molecule has 4 heteroatoms. The van der Waals surface area contributed by atoms with Crippen molar-refractivity contribution < 1.29 is 4.74 Å². The molecular weight excluding hydrogens is 260 g/mol. The third-order valence-corrected chi connectivity index (χ3v) is 3.62. The van der Waals surface area contributed by atoms with Crippen LogP contribution in [0, 0.1) is 19.8 Å². The van der Waals surface area contributed by atoms with Gasteiger partial charge in [0, 0.05) is 35.8 Å².